The lowest BCUT2D eigenvalue weighted by molar-refractivity contribution is -0.116. The maximum absolute atomic E-state index is 12.7. The molecule has 29 heavy (non-hydrogen) atoms. The molecule has 0 atom stereocenters. The number of thioether (sulfide) groups is 1. The van der Waals surface area contributed by atoms with Crippen LogP contribution in [0.5, 0.6) is 0 Å². The van der Waals surface area contributed by atoms with Gasteiger partial charge in [0.1, 0.15) is 0 Å². The minimum atomic E-state index is -0.143. The molecule has 0 aliphatic carbocycles. The first-order chi connectivity index (χ1) is 14.1. The van der Waals surface area contributed by atoms with Crippen LogP contribution in [0.25, 0.3) is 0 Å². The van der Waals surface area contributed by atoms with Gasteiger partial charge in [-0.1, -0.05) is 54.6 Å². The van der Waals surface area contributed by atoms with Crippen molar-refractivity contribution in [2.45, 2.75) is 24.9 Å². The van der Waals surface area contributed by atoms with Crippen LogP contribution in [0.4, 0.5) is 5.69 Å². The Morgan fingerprint density at radius 2 is 1.79 bits per heavy atom. The molecule has 5 heteroatoms. The zero-order valence-corrected chi connectivity index (χ0v) is 17.0. The van der Waals surface area contributed by atoms with Gasteiger partial charge in [0, 0.05) is 17.0 Å². The third kappa shape index (κ3) is 4.35. The molecule has 3 aromatic carbocycles. The lowest BCUT2D eigenvalue weighted by atomic mass is 10.1. The number of nitrogens with zero attached hydrogens (tertiary/aromatic N) is 1. The van der Waals surface area contributed by atoms with E-state index in [1.54, 1.807) is 4.90 Å². The van der Waals surface area contributed by atoms with Crippen molar-refractivity contribution < 1.29 is 9.59 Å². The Morgan fingerprint density at radius 3 is 2.59 bits per heavy atom. The summed E-state index contributed by atoms with van der Waals surface area (Å²) in [5, 5.41) is 2.96. The molecule has 2 amide bonds. The summed E-state index contributed by atoms with van der Waals surface area (Å²) in [7, 11) is 0. The molecule has 0 saturated carbocycles. The molecule has 0 aromatic heterocycles. The lowest BCUT2D eigenvalue weighted by Gasteiger charge is -2.30. The van der Waals surface area contributed by atoms with Crippen LogP contribution in [0.15, 0.2) is 77.7 Å². The number of anilines is 1. The van der Waals surface area contributed by atoms with Crippen LogP contribution < -0.4 is 10.2 Å². The Hall–Kier alpha value is -3.05. The van der Waals surface area contributed by atoms with E-state index in [1.165, 1.54) is 11.8 Å². The normalized spacial score (nSPS) is 13.1. The summed E-state index contributed by atoms with van der Waals surface area (Å²) in [5.74, 6) is 0.335. The first kappa shape index (κ1) is 19.3. The first-order valence-corrected chi connectivity index (χ1v) is 10.5. The summed E-state index contributed by atoms with van der Waals surface area (Å²) in [6.45, 7) is 3.03. The minimum Gasteiger partial charge on any atom is -0.348 e. The topological polar surface area (TPSA) is 49.4 Å². The highest BCUT2D eigenvalue weighted by Crippen LogP contribution is 2.37. The van der Waals surface area contributed by atoms with Gasteiger partial charge < -0.3 is 10.2 Å². The fraction of sp³-hybridized carbons (Fsp3) is 0.167. The van der Waals surface area contributed by atoms with Crippen molar-refractivity contribution in [3.8, 4) is 0 Å². The molecule has 0 unspecified atom stereocenters. The maximum atomic E-state index is 12.7. The molecule has 4 nitrogen and oxygen atoms in total. The standard InChI is InChI=1S/C24H22N2O2S/c1-17-7-5-6-10-20(17)15-26-21-13-19(11-12-22(21)29-16-23(26)27)24(28)25-14-18-8-3-2-4-9-18/h2-13H,14-16H2,1H3,(H,25,28). The zero-order chi connectivity index (χ0) is 20.2. The van der Waals surface area contributed by atoms with Crippen LogP contribution in [0.2, 0.25) is 0 Å². The van der Waals surface area contributed by atoms with E-state index in [0.717, 1.165) is 27.3 Å². The molecule has 1 N–H and O–H groups in total. The van der Waals surface area contributed by atoms with Gasteiger partial charge in [0.15, 0.2) is 0 Å². The lowest BCUT2D eigenvalue weighted by Crippen LogP contribution is -2.35. The van der Waals surface area contributed by atoms with Gasteiger partial charge in [-0.3, -0.25) is 9.59 Å². The number of carbonyl (C=O) groups excluding carboxylic acids is 2. The number of aryl methyl sites for hydroxylation is 1. The number of benzene rings is 3. The van der Waals surface area contributed by atoms with Crippen LogP contribution in [0.1, 0.15) is 27.0 Å². The van der Waals surface area contributed by atoms with Crippen LogP contribution in [0.3, 0.4) is 0 Å². The van der Waals surface area contributed by atoms with Crippen molar-refractivity contribution in [1.82, 2.24) is 5.32 Å². The van der Waals surface area contributed by atoms with E-state index in [2.05, 4.69) is 5.32 Å². The van der Waals surface area contributed by atoms with E-state index in [0.29, 0.717) is 24.4 Å². The fourth-order valence-electron chi connectivity index (χ4n) is 3.35. The Labute approximate surface area is 174 Å². The Kier molecular flexibility index (Phi) is 5.67. The summed E-state index contributed by atoms with van der Waals surface area (Å²) in [6.07, 6.45) is 0. The highest BCUT2D eigenvalue weighted by atomic mass is 32.2. The SMILES string of the molecule is Cc1ccccc1CN1C(=O)CSc2ccc(C(=O)NCc3ccccc3)cc21. The van der Waals surface area contributed by atoms with E-state index in [9.17, 15) is 9.59 Å². The Bertz CT molecular complexity index is 1050. The van der Waals surface area contributed by atoms with Crippen LogP contribution >= 0.6 is 11.8 Å². The van der Waals surface area contributed by atoms with Gasteiger partial charge in [0.2, 0.25) is 5.91 Å². The summed E-state index contributed by atoms with van der Waals surface area (Å²) in [5.41, 5.74) is 4.67. The molecular formula is C24H22N2O2S. The van der Waals surface area contributed by atoms with Gasteiger partial charge in [-0.25, -0.2) is 0 Å². The first-order valence-electron chi connectivity index (χ1n) is 9.55. The number of carbonyl (C=O) groups is 2. The molecule has 0 radical (unpaired) electrons. The molecule has 4 rings (SSSR count). The number of rotatable bonds is 5. The molecule has 3 aromatic rings. The van der Waals surface area contributed by atoms with Gasteiger partial charge in [-0.05, 0) is 41.8 Å². The Balaban J connectivity index is 1.57. The summed E-state index contributed by atoms with van der Waals surface area (Å²) in [4.78, 5) is 28.2. The second-order valence-corrected chi connectivity index (χ2v) is 8.06. The molecular weight excluding hydrogens is 380 g/mol. The number of fused-ring (bicyclic) bond motifs is 1. The molecule has 146 valence electrons. The van der Waals surface area contributed by atoms with Gasteiger partial charge in [-0.2, -0.15) is 0 Å². The monoisotopic (exact) mass is 402 g/mol. The second kappa shape index (κ2) is 8.53. The van der Waals surface area contributed by atoms with Crippen molar-refractivity contribution in [2.24, 2.45) is 0 Å². The van der Waals surface area contributed by atoms with Gasteiger partial charge in [0.25, 0.3) is 5.91 Å². The van der Waals surface area contributed by atoms with E-state index >= 15 is 0 Å². The molecule has 1 heterocycles. The second-order valence-electron chi connectivity index (χ2n) is 7.05. The molecule has 0 fully saturated rings. The third-order valence-corrected chi connectivity index (χ3v) is 6.10. The summed E-state index contributed by atoms with van der Waals surface area (Å²) >= 11 is 1.52. The van der Waals surface area contributed by atoms with Crippen molar-refractivity contribution in [2.75, 3.05) is 10.7 Å². The smallest absolute Gasteiger partial charge is 0.251 e. The predicted octanol–water partition coefficient (Wildman–Crippen LogP) is 4.56. The van der Waals surface area contributed by atoms with Gasteiger partial charge in [-0.15, -0.1) is 11.8 Å². The van der Waals surface area contributed by atoms with E-state index in [1.807, 2.05) is 79.7 Å². The van der Waals surface area contributed by atoms with Crippen molar-refractivity contribution in [3.05, 3.63) is 95.1 Å². The van der Waals surface area contributed by atoms with E-state index in [-0.39, 0.29) is 11.8 Å². The van der Waals surface area contributed by atoms with Crippen LogP contribution in [0, 0.1) is 6.92 Å². The molecule has 1 aliphatic heterocycles. The summed E-state index contributed by atoms with van der Waals surface area (Å²) < 4.78 is 0. The van der Waals surface area contributed by atoms with Crippen molar-refractivity contribution in [1.29, 1.82) is 0 Å². The number of amides is 2. The average Bonchev–Trinajstić information content (AvgIpc) is 2.75. The van der Waals surface area contributed by atoms with Gasteiger partial charge >= 0.3 is 0 Å². The van der Waals surface area contributed by atoms with Crippen LogP contribution in [-0.2, 0) is 17.9 Å². The highest BCUT2D eigenvalue weighted by molar-refractivity contribution is 8.00. The van der Waals surface area contributed by atoms with Crippen molar-refractivity contribution >= 4 is 29.3 Å². The number of hydrogen-bond donors (Lipinski definition) is 1. The zero-order valence-electron chi connectivity index (χ0n) is 16.2. The van der Waals surface area contributed by atoms with E-state index < -0.39 is 0 Å². The van der Waals surface area contributed by atoms with Crippen LogP contribution in [-0.4, -0.2) is 17.6 Å². The summed E-state index contributed by atoms with van der Waals surface area (Å²) in [6, 6.07) is 23.5. The number of hydrogen-bond acceptors (Lipinski definition) is 3. The minimum absolute atomic E-state index is 0.0626. The van der Waals surface area contributed by atoms with Gasteiger partial charge in [0.05, 0.1) is 18.0 Å². The molecule has 0 bridgehead atoms. The predicted molar refractivity (Wildman–Crippen MR) is 117 cm³/mol. The van der Waals surface area contributed by atoms with Crippen molar-refractivity contribution in [3.63, 3.8) is 0 Å². The quantitative estimate of drug-likeness (QED) is 0.680. The highest BCUT2D eigenvalue weighted by Gasteiger charge is 2.26. The fourth-order valence-corrected chi connectivity index (χ4v) is 4.27. The van der Waals surface area contributed by atoms with E-state index in [4.69, 9.17) is 0 Å². The average molecular weight is 403 g/mol. The third-order valence-electron chi connectivity index (χ3n) is 5.05. The molecule has 0 spiro atoms. The largest absolute Gasteiger partial charge is 0.348 e. The number of nitrogens with one attached hydrogen (secondary N) is 1. The molecule has 1 aliphatic rings. The molecule has 0 saturated heterocycles. The Morgan fingerprint density at radius 1 is 1.03 bits per heavy atom. The maximum Gasteiger partial charge on any atom is 0.251 e.